The molecule has 2 amide bonds. The average Bonchev–Trinajstić information content (AvgIpc) is 2.63. The van der Waals surface area contributed by atoms with Crippen molar-refractivity contribution >= 4 is 28.6 Å². The van der Waals surface area contributed by atoms with E-state index in [-0.39, 0.29) is 11.1 Å². The van der Waals surface area contributed by atoms with Crippen molar-refractivity contribution in [1.29, 1.82) is 0 Å². The fourth-order valence-corrected chi connectivity index (χ4v) is 3.03. The average molecular weight is 387 g/mol. The maximum absolute atomic E-state index is 12.6. The molecule has 0 saturated heterocycles. The minimum Gasteiger partial charge on any atom is -0.481 e. The zero-order valence-electron chi connectivity index (χ0n) is 16.4. The van der Waals surface area contributed by atoms with Gasteiger partial charge in [0.2, 0.25) is 0 Å². The van der Waals surface area contributed by atoms with Gasteiger partial charge in [-0.3, -0.25) is 9.59 Å². The predicted molar refractivity (Wildman–Crippen MR) is 111 cm³/mol. The Morgan fingerprint density at radius 1 is 1.04 bits per heavy atom. The van der Waals surface area contributed by atoms with Crippen molar-refractivity contribution in [2.45, 2.75) is 37.7 Å². The van der Waals surface area contributed by atoms with Crippen molar-refractivity contribution in [3.05, 3.63) is 54.1 Å². The van der Waals surface area contributed by atoms with Gasteiger partial charge in [0.1, 0.15) is 5.75 Å². The highest BCUT2D eigenvalue weighted by Crippen LogP contribution is 2.29. The molecule has 1 unspecified atom stereocenters. The van der Waals surface area contributed by atoms with Gasteiger partial charge in [-0.2, -0.15) is 0 Å². The smallest absolute Gasteiger partial charge is 0.286 e. The summed E-state index contributed by atoms with van der Waals surface area (Å²) >= 11 is 1.07. The third-order valence-corrected chi connectivity index (χ3v) is 5.03. The van der Waals surface area contributed by atoms with E-state index in [0.717, 1.165) is 17.3 Å². The first-order valence-electron chi connectivity index (χ1n) is 8.83. The first kappa shape index (κ1) is 20.8. The molecular weight excluding hydrogens is 360 g/mol. The molecule has 0 aliphatic heterocycles. The second-order valence-electron chi connectivity index (χ2n) is 6.74. The van der Waals surface area contributed by atoms with Gasteiger partial charge in [-0.1, -0.05) is 38.1 Å². The second-order valence-corrected chi connectivity index (χ2v) is 7.73. The number of nitrogens with zero attached hydrogens (tertiary/aromatic N) is 1. The minimum atomic E-state index is -0.671. The summed E-state index contributed by atoms with van der Waals surface area (Å²) in [4.78, 5) is 26.7. The molecule has 1 N–H and O–H groups in total. The number of carbonyl (C=O) groups excluding carboxylic acids is 2. The summed E-state index contributed by atoms with van der Waals surface area (Å²) in [5.74, 6) is 0.778. The Kier molecular flexibility index (Phi) is 7.30. The van der Waals surface area contributed by atoms with Crippen molar-refractivity contribution in [2.24, 2.45) is 0 Å². The number of anilines is 1. The Labute approximate surface area is 165 Å². The molecule has 0 fully saturated rings. The number of rotatable bonds is 6. The minimum absolute atomic E-state index is 0.105. The van der Waals surface area contributed by atoms with Crippen LogP contribution in [0.2, 0.25) is 0 Å². The van der Waals surface area contributed by atoms with E-state index >= 15 is 0 Å². The molecule has 0 aliphatic rings. The Bertz CT molecular complexity index is 806. The fraction of sp³-hybridized carbons (Fsp3) is 0.333. The van der Waals surface area contributed by atoms with Gasteiger partial charge in [0, 0.05) is 19.0 Å². The standard InChI is InChI=1S/C21H26N2O3S/c1-14(2)16-9-8-10-17(13-16)26-15(3)20(24)22-18-11-6-7-12-19(18)27-21(25)23(4)5/h6-15H,1-5H3,(H,22,24). The van der Waals surface area contributed by atoms with Crippen molar-refractivity contribution in [3.8, 4) is 5.75 Å². The van der Waals surface area contributed by atoms with Crippen molar-refractivity contribution in [2.75, 3.05) is 19.4 Å². The summed E-state index contributed by atoms with van der Waals surface area (Å²) in [6.07, 6.45) is -0.671. The summed E-state index contributed by atoms with van der Waals surface area (Å²) in [6.45, 7) is 5.93. The van der Waals surface area contributed by atoms with E-state index in [1.807, 2.05) is 36.4 Å². The second kappa shape index (κ2) is 9.46. The van der Waals surface area contributed by atoms with E-state index in [4.69, 9.17) is 4.74 Å². The maximum Gasteiger partial charge on any atom is 0.286 e. The largest absolute Gasteiger partial charge is 0.481 e. The predicted octanol–water partition coefficient (Wildman–Crippen LogP) is 4.99. The molecule has 0 saturated carbocycles. The molecule has 2 rings (SSSR count). The van der Waals surface area contributed by atoms with Gasteiger partial charge in [0.15, 0.2) is 6.10 Å². The summed E-state index contributed by atoms with van der Waals surface area (Å²) in [5, 5.41) is 2.75. The number of amides is 2. The van der Waals surface area contributed by atoms with Crippen LogP contribution < -0.4 is 10.1 Å². The molecule has 27 heavy (non-hydrogen) atoms. The molecule has 2 aromatic carbocycles. The number of hydrogen-bond donors (Lipinski definition) is 1. The summed E-state index contributed by atoms with van der Waals surface area (Å²) < 4.78 is 5.80. The van der Waals surface area contributed by atoms with Crippen LogP contribution in [0.25, 0.3) is 0 Å². The van der Waals surface area contributed by atoms with Crippen LogP contribution in [0, 0.1) is 0 Å². The molecule has 0 aromatic heterocycles. The van der Waals surface area contributed by atoms with E-state index < -0.39 is 6.10 Å². The lowest BCUT2D eigenvalue weighted by Gasteiger charge is -2.17. The monoisotopic (exact) mass is 386 g/mol. The molecule has 0 radical (unpaired) electrons. The van der Waals surface area contributed by atoms with Crippen LogP contribution in [0.15, 0.2) is 53.4 Å². The van der Waals surface area contributed by atoms with Crippen LogP contribution >= 0.6 is 11.8 Å². The molecular formula is C21H26N2O3S. The molecule has 0 heterocycles. The van der Waals surface area contributed by atoms with E-state index in [9.17, 15) is 9.59 Å². The molecule has 5 nitrogen and oxygen atoms in total. The van der Waals surface area contributed by atoms with Crippen molar-refractivity contribution in [1.82, 2.24) is 4.90 Å². The lowest BCUT2D eigenvalue weighted by atomic mass is 10.0. The van der Waals surface area contributed by atoms with Crippen LogP contribution in [0.1, 0.15) is 32.3 Å². The third kappa shape index (κ3) is 6.03. The summed E-state index contributed by atoms with van der Waals surface area (Å²) in [6, 6.07) is 15.0. The first-order chi connectivity index (χ1) is 12.8. The number of hydrogen-bond acceptors (Lipinski definition) is 4. The van der Waals surface area contributed by atoms with Gasteiger partial charge in [-0.15, -0.1) is 0 Å². The van der Waals surface area contributed by atoms with Crippen molar-refractivity contribution < 1.29 is 14.3 Å². The van der Waals surface area contributed by atoms with E-state index in [1.54, 1.807) is 33.2 Å². The summed E-state index contributed by atoms with van der Waals surface area (Å²) in [5.41, 5.74) is 1.75. The maximum atomic E-state index is 12.6. The number of thioether (sulfide) groups is 1. The number of nitrogens with one attached hydrogen (secondary N) is 1. The van der Waals surface area contributed by atoms with Gasteiger partial charge in [-0.25, -0.2) is 0 Å². The van der Waals surface area contributed by atoms with E-state index in [2.05, 4.69) is 19.2 Å². The zero-order chi connectivity index (χ0) is 20.0. The van der Waals surface area contributed by atoms with Crippen molar-refractivity contribution in [3.63, 3.8) is 0 Å². The molecule has 6 heteroatoms. The fourth-order valence-electron chi connectivity index (χ4n) is 2.28. The summed E-state index contributed by atoms with van der Waals surface area (Å²) in [7, 11) is 3.38. The molecule has 144 valence electrons. The quantitative estimate of drug-likeness (QED) is 0.711. The highest BCUT2D eigenvalue weighted by Gasteiger charge is 2.18. The topological polar surface area (TPSA) is 58.6 Å². The Morgan fingerprint density at radius 3 is 2.41 bits per heavy atom. The third-order valence-electron chi connectivity index (χ3n) is 3.91. The van der Waals surface area contributed by atoms with Gasteiger partial charge >= 0.3 is 0 Å². The van der Waals surface area contributed by atoms with Crippen LogP contribution in [0.3, 0.4) is 0 Å². The molecule has 0 bridgehead atoms. The molecule has 2 aromatic rings. The lowest BCUT2D eigenvalue weighted by Crippen LogP contribution is -2.30. The number of para-hydroxylation sites is 1. The van der Waals surface area contributed by atoms with Crippen LogP contribution in [-0.4, -0.2) is 36.2 Å². The lowest BCUT2D eigenvalue weighted by molar-refractivity contribution is -0.122. The van der Waals surface area contributed by atoms with Gasteiger partial charge < -0.3 is 15.0 Å². The van der Waals surface area contributed by atoms with E-state index in [0.29, 0.717) is 22.3 Å². The number of ether oxygens (including phenoxy) is 1. The van der Waals surface area contributed by atoms with Crippen LogP contribution in [0.4, 0.5) is 10.5 Å². The first-order valence-corrected chi connectivity index (χ1v) is 9.65. The Hall–Kier alpha value is -2.47. The zero-order valence-corrected chi connectivity index (χ0v) is 17.2. The SMILES string of the molecule is CC(Oc1cccc(C(C)C)c1)C(=O)Nc1ccccc1SC(=O)N(C)C. The van der Waals surface area contributed by atoms with E-state index in [1.165, 1.54) is 4.90 Å². The molecule has 0 spiro atoms. The van der Waals surface area contributed by atoms with Crippen LogP contribution in [0.5, 0.6) is 5.75 Å². The highest BCUT2D eigenvalue weighted by atomic mass is 32.2. The van der Waals surface area contributed by atoms with Crippen LogP contribution in [-0.2, 0) is 4.79 Å². The molecule has 0 aliphatic carbocycles. The normalized spacial score (nSPS) is 11.8. The molecule has 1 atom stereocenters. The van der Waals surface area contributed by atoms with Gasteiger partial charge in [0.25, 0.3) is 11.1 Å². The van der Waals surface area contributed by atoms with Gasteiger partial charge in [0.05, 0.1) is 5.69 Å². The Balaban J connectivity index is 2.06. The Morgan fingerprint density at radius 2 is 1.74 bits per heavy atom. The van der Waals surface area contributed by atoms with Gasteiger partial charge in [-0.05, 0) is 54.4 Å². The highest BCUT2D eigenvalue weighted by molar-refractivity contribution is 8.13. The number of carbonyl (C=O) groups is 2. The number of benzene rings is 2.